The number of hydrogen-bond donors (Lipinski definition) is 2. The van der Waals surface area contributed by atoms with Crippen molar-refractivity contribution in [1.82, 2.24) is 10.2 Å². The van der Waals surface area contributed by atoms with Gasteiger partial charge in [0.05, 0.1) is 0 Å². The summed E-state index contributed by atoms with van der Waals surface area (Å²) < 4.78 is 5.64. The summed E-state index contributed by atoms with van der Waals surface area (Å²) in [5.74, 6) is 2.13. The Labute approximate surface area is 162 Å². The topological polar surface area (TPSA) is 65.0 Å². The van der Waals surface area contributed by atoms with Crippen LogP contribution in [0.2, 0.25) is 0 Å². The smallest absolute Gasteiger partial charge is 0.324 e. The zero-order valence-electron chi connectivity index (χ0n) is 16.9. The molecule has 0 heterocycles. The lowest BCUT2D eigenvalue weighted by Gasteiger charge is -2.26. The van der Waals surface area contributed by atoms with E-state index in [0.717, 1.165) is 17.5 Å². The van der Waals surface area contributed by atoms with E-state index in [1.807, 2.05) is 57.1 Å². The molecule has 2 saturated carbocycles. The van der Waals surface area contributed by atoms with Crippen LogP contribution in [0.5, 0.6) is 5.75 Å². The van der Waals surface area contributed by atoms with Crippen molar-refractivity contribution < 1.29 is 14.6 Å². The first-order valence-corrected chi connectivity index (χ1v) is 10.0. The fraction of sp³-hybridized carbons (Fsp3) is 0.667. The molecule has 2 aliphatic carbocycles. The number of anilines is 1. The van der Waals surface area contributed by atoms with Gasteiger partial charge in [0.25, 0.3) is 0 Å². The fourth-order valence-electron chi connectivity index (χ4n) is 4.22. The molecule has 150 valence electrons. The molecule has 27 heavy (non-hydrogen) atoms. The average molecular weight is 376 g/mol. The largest absolute Gasteiger partial charge is 0.491 e. The maximum Gasteiger partial charge on any atom is 0.324 e. The minimum atomic E-state index is -0.553. The first-order chi connectivity index (χ1) is 12.9. The van der Waals surface area contributed by atoms with Gasteiger partial charge in [-0.05, 0) is 48.9 Å². The van der Waals surface area contributed by atoms with Crippen molar-refractivity contribution in [3.8, 4) is 5.75 Å². The van der Waals surface area contributed by atoms with Gasteiger partial charge in [-0.2, -0.15) is 0 Å². The number of rotatable bonds is 8. The Kier molecular flexibility index (Phi) is 6.27. The van der Waals surface area contributed by atoms with Crippen molar-refractivity contribution in [2.24, 2.45) is 11.8 Å². The van der Waals surface area contributed by atoms with E-state index in [1.54, 1.807) is 4.90 Å². The number of urea groups is 1. The van der Waals surface area contributed by atoms with E-state index in [2.05, 4.69) is 5.32 Å². The third kappa shape index (κ3) is 4.74. The summed E-state index contributed by atoms with van der Waals surface area (Å²) in [6.07, 6.45) is 3.29. The standard InChI is InChI=1S/C21H33N3O3/c1-14(2)22-12-16(25)13-27-17-10-8-15(9-11-17)23(3)21(26)24(4)20-18-6-5-7-19(18)20/h8-11,14,16,18-20,22,25H,5-7,12-13H2,1-4H3. The highest BCUT2D eigenvalue weighted by molar-refractivity contribution is 5.91. The zero-order valence-corrected chi connectivity index (χ0v) is 16.9. The van der Waals surface area contributed by atoms with Crippen LogP contribution in [0.4, 0.5) is 10.5 Å². The minimum Gasteiger partial charge on any atom is -0.491 e. The van der Waals surface area contributed by atoms with E-state index in [-0.39, 0.29) is 12.6 Å². The number of ether oxygens (including phenoxy) is 1. The fourth-order valence-corrected chi connectivity index (χ4v) is 4.22. The summed E-state index contributed by atoms with van der Waals surface area (Å²) in [5, 5.41) is 13.1. The third-order valence-corrected chi connectivity index (χ3v) is 5.83. The minimum absolute atomic E-state index is 0.0400. The normalized spacial score (nSPS) is 24.4. The predicted molar refractivity (Wildman–Crippen MR) is 107 cm³/mol. The molecule has 0 spiro atoms. The second kappa shape index (κ2) is 8.48. The molecule has 3 atom stereocenters. The van der Waals surface area contributed by atoms with Gasteiger partial charge in [0.2, 0.25) is 0 Å². The first kappa shape index (κ1) is 20.0. The Morgan fingerprint density at radius 2 is 1.85 bits per heavy atom. The van der Waals surface area contributed by atoms with Gasteiger partial charge in [0.1, 0.15) is 18.5 Å². The molecule has 0 radical (unpaired) electrons. The van der Waals surface area contributed by atoms with Crippen molar-refractivity contribution in [2.45, 2.75) is 51.3 Å². The zero-order chi connectivity index (χ0) is 19.6. The van der Waals surface area contributed by atoms with Gasteiger partial charge in [-0.1, -0.05) is 20.3 Å². The summed E-state index contributed by atoms with van der Waals surface area (Å²) in [5.41, 5.74) is 0.840. The molecule has 0 bridgehead atoms. The Morgan fingerprint density at radius 1 is 1.22 bits per heavy atom. The number of nitrogens with one attached hydrogen (secondary N) is 1. The van der Waals surface area contributed by atoms with Crippen LogP contribution in [0.1, 0.15) is 33.1 Å². The SMILES string of the molecule is CC(C)NCC(O)COc1ccc(N(C)C(=O)N(C)C2C3CCCC32)cc1. The van der Waals surface area contributed by atoms with E-state index in [9.17, 15) is 9.90 Å². The molecule has 3 rings (SSSR count). The Morgan fingerprint density at radius 3 is 2.44 bits per heavy atom. The number of hydrogen-bond acceptors (Lipinski definition) is 4. The van der Waals surface area contributed by atoms with E-state index >= 15 is 0 Å². The van der Waals surface area contributed by atoms with Crippen molar-refractivity contribution in [1.29, 1.82) is 0 Å². The molecule has 1 aromatic carbocycles. The highest BCUT2D eigenvalue weighted by Gasteiger charge is 2.56. The number of aliphatic hydroxyl groups is 1. The molecule has 2 N–H and O–H groups in total. The highest BCUT2D eigenvalue weighted by atomic mass is 16.5. The van der Waals surface area contributed by atoms with Crippen LogP contribution in [0.15, 0.2) is 24.3 Å². The molecule has 6 heteroatoms. The van der Waals surface area contributed by atoms with Gasteiger partial charge in [-0.25, -0.2) is 4.79 Å². The maximum absolute atomic E-state index is 12.8. The number of benzene rings is 1. The molecular formula is C21H33N3O3. The number of nitrogens with zero attached hydrogens (tertiary/aromatic N) is 2. The van der Waals surface area contributed by atoms with Gasteiger partial charge in [-0.3, -0.25) is 4.90 Å². The Hall–Kier alpha value is -1.79. The summed E-state index contributed by atoms with van der Waals surface area (Å²) in [6, 6.07) is 8.25. The summed E-state index contributed by atoms with van der Waals surface area (Å²) in [4.78, 5) is 16.4. The van der Waals surface area contributed by atoms with Crippen LogP contribution in [0.3, 0.4) is 0 Å². The van der Waals surface area contributed by atoms with Gasteiger partial charge in [0.15, 0.2) is 0 Å². The van der Waals surface area contributed by atoms with Crippen LogP contribution in [-0.2, 0) is 0 Å². The molecular weight excluding hydrogens is 342 g/mol. The van der Waals surface area contributed by atoms with Crippen LogP contribution in [0.25, 0.3) is 0 Å². The highest BCUT2D eigenvalue weighted by Crippen LogP contribution is 2.54. The van der Waals surface area contributed by atoms with Crippen molar-refractivity contribution in [3.63, 3.8) is 0 Å². The molecule has 0 saturated heterocycles. The van der Waals surface area contributed by atoms with Gasteiger partial charge in [-0.15, -0.1) is 0 Å². The van der Waals surface area contributed by atoms with E-state index in [0.29, 0.717) is 24.4 Å². The number of carbonyl (C=O) groups is 1. The van der Waals surface area contributed by atoms with Crippen LogP contribution in [0, 0.1) is 11.8 Å². The summed E-state index contributed by atoms with van der Waals surface area (Å²) >= 11 is 0. The second-order valence-electron chi connectivity index (χ2n) is 8.22. The molecule has 2 fully saturated rings. The van der Waals surface area contributed by atoms with Crippen molar-refractivity contribution >= 4 is 11.7 Å². The molecule has 2 amide bonds. The molecule has 3 unspecified atom stereocenters. The number of amides is 2. The second-order valence-corrected chi connectivity index (χ2v) is 8.22. The average Bonchev–Trinajstić information content (AvgIpc) is 3.14. The van der Waals surface area contributed by atoms with Crippen LogP contribution < -0.4 is 15.0 Å². The molecule has 1 aromatic rings. The number of aliphatic hydroxyl groups excluding tert-OH is 1. The molecule has 0 aromatic heterocycles. The van der Waals surface area contributed by atoms with E-state index in [1.165, 1.54) is 19.3 Å². The van der Waals surface area contributed by atoms with Gasteiger partial charge >= 0.3 is 6.03 Å². The third-order valence-electron chi connectivity index (χ3n) is 5.83. The summed E-state index contributed by atoms with van der Waals surface area (Å²) in [7, 11) is 3.74. The van der Waals surface area contributed by atoms with Crippen LogP contribution >= 0.6 is 0 Å². The number of carbonyl (C=O) groups excluding carboxylic acids is 1. The Balaban J connectivity index is 1.48. The lowest BCUT2D eigenvalue weighted by atomic mass is 10.2. The first-order valence-electron chi connectivity index (χ1n) is 10.0. The molecule has 6 nitrogen and oxygen atoms in total. The lowest BCUT2D eigenvalue weighted by Crippen LogP contribution is -2.41. The Bertz CT molecular complexity index is 624. The van der Waals surface area contributed by atoms with Crippen molar-refractivity contribution in [2.75, 3.05) is 32.1 Å². The molecule has 2 aliphatic rings. The quantitative estimate of drug-likeness (QED) is 0.733. The maximum atomic E-state index is 12.8. The van der Waals surface area contributed by atoms with Gasteiger partial charge < -0.3 is 20.1 Å². The summed E-state index contributed by atoms with van der Waals surface area (Å²) in [6.45, 7) is 4.82. The number of fused-ring (bicyclic) bond motifs is 1. The molecule has 0 aliphatic heterocycles. The van der Waals surface area contributed by atoms with Crippen LogP contribution in [-0.4, -0.2) is 61.5 Å². The predicted octanol–water partition coefficient (Wildman–Crippen LogP) is 2.71. The lowest BCUT2D eigenvalue weighted by molar-refractivity contribution is 0.104. The van der Waals surface area contributed by atoms with Crippen molar-refractivity contribution in [3.05, 3.63) is 24.3 Å². The monoisotopic (exact) mass is 375 g/mol. The van der Waals surface area contributed by atoms with Gasteiger partial charge in [0, 0.05) is 38.4 Å². The van der Waals surface area contributed by atoms with E-state index in [4.69, 9.17) is 4.74 Å². The van der Waals surface area contributed by atoms with E-state index < -0.39 is 6.10 Å².